The predicted molar refractivity (Wildman–Crippen MR) is 119 cm³/mol. The van der Waals surface area contributed by atoms with Gasteiger partial charge in [-0.3, -0.25) is 4.79 Å². The monoisotopic (exact) mass is 439 g/mol. The molecule has 2 aromatic heterocycles. The molecular formula is C22H21N3O3S2. The molecule has 2 aromatic carbocycles. The fourth-order valence-electron chi connectivity index (χ4n) is 3.07. The van der Waals surface area contributed by atoms with E-state index in [-0.39, 0.29) is 5.91 Å². The maximum Gasteiger partial charge on any atom is 0.287 e. The van der Waals surface area contributed by atoms with Crippen LogP contribution in [0.4, 0.5) is 0 Å². The quantitative estimate of drug-likeness (QED) is 0.380. The summed E-state index contributed by atoms with van der Waals surface area (Å²) in [6.45, 7) is 4.86. The first-order chi connectivity index (χ1) is 14.6. The Balaban J connectivity index is 1.53. The Hall–Kier alpha value is -2.84. The number of hydrogen-bond acceptors (Lipinski definition) is 7. The molecule has 0 aliphatic heterocycles. The van der Waals surface area contributed by atoms with Gasteiger partial charge in [-0.05, 0) is 37.6 Å². The molecule has 6 nitrogen and oxygen atoms in total. The van der Waals surface area contributed by atoms with E-state index in [1.165, 1.54) is 11.3 Å². The first-order valence-electron chi connectivity index (χ1n) is 9.57. The van der Waals surface area contributed by atoms with Gasteiger partial charge in [0.05, 0.1) is 6.61 Å². The molecule has 154 valence electrons. The zero-order chi connectivity index (χ0) is 20.9. The zero-order valence-corrected chi connectivity index (χ0v) is 18.3. The largest absolute Gasteiger partial charge is 0.494 e. The van der Waals surface area contributed by atoms with Crippen molar-refractivity contribution < 1.29 is 13.9 Å². The fraction of sp³-hybridized carbons (Fsp3) is 0.227. The molecule has 0 bridgehead atoms. The Labute approximate surface area is 182 Å². The third-order valence-corrected chi connectivity index (χ3v) is 6.41. The highest BCUT2D eigenvalue weighted by Crippen LogP contribution is 2.33. The molecule has 0 radical (unpaired) electrons. The van der Waals surface area contributed by atoms with Gasteiger partial charge in [0.15, 0.2) is 10.1 Å². The number of carbonyl (C=O) groups excluding carboxylic acids is 1. The number of aromatic nitrogens is 2. The molecule has 4 aromatic rings. The van der Waals surface area contributed by atoms with Crippen LogP contribution in [0.25, 0.3) is 11.0 Å². The standard InChI is InChI=1S/C22H21N3O3S2/c1-3-27-16-8-6-7-15(11-16)12-23-21(26)20-18(13-29-22-25-24-14(2)30-22)17-9-4-5-10-19(17)28-20/h4-11H,3,12-13H2,1-2H3,(H,23,26). The van der Waals surface area contributed by atoms with E-state index in [1.54, 1.807) is 11.8 Å². The second kappa shape index (κ2) is 9.32. The number of furan rings is 1. The van der Waals surface area contributed by atoms with E-state index < -0.39 is 0 Å². The van der Waals surface area contributed by atoms with Crippen molar-refractivity contribution in [2.24, 2.45) is 0 Å². The molecule has 0 aliphatic rings. The summed E-state index contributed by atoms with van der Waals surface area (Å²) in [4.78, 5) is 13.0. The maximum atomic E-state index is 13.0. The summed E-state index contributed by atoms with van der Waals surface area (Å²) in [7, 11) is 0. The van der Waals surface area contributed by atoms with Crippen LogP contribution in [-0.2, 0) is 12.3 Å². The van der Waals surface area contributed by atoms with Crippen LogP contribution in [0.5, 0.6) is 5.75 Å². The highest BCUT2D eigenvalue weighted by atomic mass is 32.2. The first kappa shape index (κ1) is 20.4. The molecule has 0 saturated heterocycles. The van der Waals surface area contributed by atoms with E-state index in [1.807, 2.05) is 62.4 Å². The van der Waals surface area contributed by atoms with Crippen molar-refractivity contribution in [2.75, 3.05) is 6.61 Å². The Morgan fingerprint density at radius 1 is 1.20 bits per heavy atom. The summed E-state index contributed by atoms with van der Waals surface area (Å²) in [6.07, 6.45) is 0. The summed E-state index contributed by atoms with van der Waals surface area (Å²) in [6, 6.07) is 15.4. The lowest BCUT2D eigenvalue weighted by atomic mass is 10.1. The number of carbonyl (C=O) groups is 1. The van der Waals surface area contributed by atoms with E-state index in [0.717, 1.165) is 31.6 Å². The number of ether oxygens (including phenoxy) is 1. The molecule has 0 saturated carbocycles. The minimum absolute atomic E-state index is 0.239. The molecule has 1 amide bonds. The fourth-order valence-corrected chi connectivity index (χ4v) is 4.91. The molecule has 1 N–H and O–H groups in total. The van der Waals surface area contributed by atoms with Gasteiger partial charge in [0.2, 0.25) is 0 Å². The number of rotatable bonds is 8. The van der Waals surface area contributed by atoms with E-state index in [4.69, 9.17) is 9.15 Å². The van der Waals surface area contributed by atoms with E-state index >= 15 is 0 Å². The number of thioether (sulfide) groups is 1. The number of fused-ring (bicyclic) bond motifs is 1. The van der Waals surface area contributed by atoms with Gasteiger partial charge in [-0.15, -0.1) is 10.2 Å². The first-order valence-corrected chi connectivity index (χ1v) is 11.4. The van der Waals surface area contributed by atoms with Gasteiger partial charge >= 0.3 is 0 Å². The number of para-hydroxylation sites is 1. The molecule has 2 heterocycles. The van der Waals surface area contributed by atoms with Crippen LogP contribution in [0.2, 0.25) is 0 Å². The molecule has 0 unspecified atom stereocenters. The smallest absolute Gasteiger partial charge is 0.287 e. The number of benzene rings is 2. The normalized spacial score (nSPS) is 11.0. The minimum Gasteiger partial charge on any atom is -0.494 e. The van der Waals surface area contributed by atoms with Crippen molar-refractivity contribution >= 4 is 40.0 Å². The molecule has 30 heavy (non-hydrogen) atoms. The molecule has 4 rings (SSSR count). The summed E-state index contributed by atoms with van der Waals surface area (Å²) >= 11 is 3.10. The molecule has 0 fully saturated rings. The Bertz CT molecular complexity index is 1170. The summed E-state index contributed by atoms with van der Waals surface area (Å²) in [5, 5.41) is 13.0. The van der Waals surface area contributed by atoms with Crippen molar-refractivity contribution in [2.45, 2.75) is 30.5 Å². The van der Waals surface area contributed by atoms with Crippen LogP contribution in [0.1, 0.15) is 33.6 Å². The van der Waals surface area contributed by atoms with Gasteiger partial charge in [-0.25, -0.2) is 0 Å². The molecule has 0 aliphatic carbocycles. The van der Waals surface area contributed by atoms with E-state index in [0.29, 0.717) is 30.2 Å². The van der Waals surface area contributed by atoms with Crippen LogP contribution in [0, 0.1) is 6.92 Å². The van der Waals surface area contributed by atoms with Crippen molar-refractivity contribution in [3.05, 3.63) is 70.4 Å². The Morgan fingerprint density at radius 3 is 2.87 bits per heavy atom. The third-order valence-electron chi connectivity index (χ3n) is 4.41. The van der Waals surface area contributed by atoms with Gasteiger partial charge in [0, 0.05) is 23.2 Å². The zero-order valence-electron chi connectivity index (χ0n) is 16.7. The molecule has 0 atom stereocenters. The van der Waals surface area contributed by atoms with Crippen molar-refractivity contribution in [1.82, 2.24) is 15.5 Å². The second-order valence-electron chi connectivity index (χ2n) is 6.54. The molecule has 0 spiro atoms. The topological polar surface area (TPSA) is 77.2 Å². The molecular weight excluding hydrogens is 418 g/mol. The summed E-state index contributed by atoms with van der Waals surface area (Å²) < 4.78 is 12.3. The van der Waals surface area contributed by atoms with Gasteiger partial charge in [-0.1, -0.05) is 53.4 Å². The highest BCUT2D eigenvalue weighted by Gasteiger charge is 2.21. The predicted octanol–water partition coefficient (Wildman–Crippen LogP) is 5.21. The van der Waals surface area contributed by atoms with Crippen LogP contribution in [0.3, 0.4) is 0 Å². The average Bonchev–Trinajstić information content (AvgIpc) is 3.34. The summed E-state index contributed by atoms with van der Waals surface area (Å²) in [5.74, 6) is 1.47. The van der Waals surface area contributed by atoms with Crippen molar-refractivity contribution in [3.63, 3.8) is 0 Å². The van der Waals surface area contributed by atoms with E-state index in [2.05, 4.69) is 15.5 Å². The number of aryl methyl sites for hydroxylation is 1. The maximum absolute atomic E-state index is 13.0. The lowest BCUT2D eigenvalue weighted by Gasteiger charge is -2.08. The lowest BCUT2D eigenvalue weighted by Crippen LogP contribution is -2.23. The lowest BCUT2D eigenvalue weighted by molar-refractivity contribution is 0.0924. The van der Waals surface area contributed by atoms with Gasteiger partial charge < -0.3 is 14.5 Å². The van der Waals surface area contributed by atoms with Crippen LogP contribution >= 0.6 is 23.1 Å². The van der Waals surface area contributed by atoms with Crippen LogP contribution < -0.4 is 10.1 Å². The third kappa shape index (κ3) is 4.66. The van der Waals surface area contributed by atoms with Crippen LogP contribution in [-0.4, -0.2) is 22.7 Å². The average molecular weight is 440 g/mol. The Morgan fingerprint density at radius 2 is 2.07 bits per heavy atom. The van der Waals surface area contributed by atoms with Crippen molar-refractivity contribution in [1.29, 1.82) is 0 Å². The Kier molecular flexibility index (Phi) is 6.35. The summed E-state index contributed by atoms with van der Waals surface area (Å²) in [5.41, 5.74) is 2.53. The SMILES string of the molecule is CCOc1cccc(CNC(=O)c2oc3ccccc3c2CSc2nnc(C)s2)c1. The van der Waals surface area contributed by atoms with Crippen molar-refractivity contribution in [3.8, 4) is 5.75 Å². The second-order valence-corrected chi connectivity index (χ2v) is 8.95. The number of nitrogens with zero attached hydrogens (tertiary/aromatic N) is 2. The van der Waals surface area contributed by atoms with Gasteiger partial charge in [-0.2, -0.15) is 0 Å². The van der Waals surface area contributed by atoms with Gasteiger partial charge in [0.25, 0.3) is 5.91 Å². The van der Waals surface area contributed by atoms with Gasteiger partial charge in [0.1, 0.15) is 16.3 Å². The molecule has 8 heteroatoms. The number of nitrogens with one attached hydrogen (secondary N) is 1. The van der Waals surface area contributed by atoms with E-state index in [9.17, 15) is 4.79 Å². The highest BCUT2D eigenvalue weighted by molar-refractivity contribution is 8.00. The van der Waals surface area contributed by atoms with Crippen LogP contribution in [0.15, 0.2) is 57.3 Å². The number of hydrogen-bond donors (Lipinski definition) is 1. The minimum atomic E-state index is -0.239. The number of amides is 1.